The molecule has 6 heteroatoms. The third kappa shape index (κ3) is 5.81. The van der Waals surface area contributed by atoms with Gasteiger partial charge in [-0.05, 0) is 48.4 Å². The number of carboxylic acids is 1. The van der Waals surface area contributed by atoms with Gasteiger partial charge in [0.05, 0.1) is 0 Å². The predicted molar refractivity (Wildman–Crippen MR) is 118 cm³/mol. The molecule has 2 N–H and O–H groups in total. The van der Waals surface area contributed by atoms with Crippen LogP contribution in [0.15, 0.2) is 78.4 Å². The summed E-state index contributed by atoms with van der Waals surface area (Å²) in [6.07, 6.45) is 1.34. The van der Waals surface area contributed by atoms with Gasteiger partial charge in [-0.2, -0.15) is 5.26 Å². The molecule has 6 nitrogen and oxygen atoms in total. The number of hydrogen-bond acceptors (Lipinski definition) is 4. The number of nitriles is 1. The highest BCUT2D eigenvalue weighted by atomic mass is 16.5. The fourth-order valence-corrected chi connectivity index (χ4v) is 2.82. The van der Waals surface area contributed by atoms with E-state index in [2.05, 4.69) is 5.32 Å². The monoisotopic (exact) mass is 412 g/mol. The quantitative estimate of drug-likeness (QED) is 0.428. The van der Waals surface area contributed by atoms with Crippen molar-refractivity contribution < 1.29 is 19.4 Å². The molecule has 3 aromatic rings. The number of rotatable bonds is 7. The summed E-state index contributed by atoms with van der Waals surface area (Å²) in [5, 5.41) is 21.6. The number of aromatic carboxylic acids is 1. The maximum Gasteiger partial charge on any atom is 0.339 e. The fourth-order valence-electron chi connectivity index (χ4n) is 2.82. The van der Waals surface area contributed by atoms with Crippen molar-refractivity contribution in [3.63, 3.8) is 0 Å². The molecule has 0 atom stereocenters. The van der Waals surface area contributed by atoms with Crippen molar-refractivity contribution in [2.45, 2.75) is 13.5 Å². The first-order valence-corrected chi connectivity index (χ1v) is 9.50. The molecule has 0 aliphatic rings. The van der Waals surface area contributed by atoms with E-state index in [0.717, 1.165) is 11.1 Å². The number of benzene rings is 3. The molecule has 0 aliphatic carbocycles. The van der Waals surface area contributed by atoms with Crippen molar-refractivity contribution in [1.29, 1.82) is 5.26 Å². The van der Waals surface area contributed by atoms with Crippen LogP contribution < -0.4 is 10.1 Å². The van der Waals surface area contributed by atoms with E-state index in [1.807, 2.05) is 55.5 Å². The number of nitrogens with zero attached hydrogens (tertiary/aromatic N) is 1. The van der Waals surface area contributed by atoms with Gasteiger partial charge in [0.2, 0.25) is 0 Å². The van der Waals surface area contributed by atoms with E-state index in [-0.39, 0.29) is 23.5 Å². The van der Waals surface area contributed by atoms with E-state index in [9.17, 15) is 20.0 Å². The lowest BCUT2D eigenvalue weighted by Gasteiger charge is -2.10. The van der Waals surface area contributed by atoms with Crippen molar-refractivity contribution >= 4 is 23.6 Å². The van der Waals surface area contributed by atoms with Crippen LogP contribution >= 0.6 is 0 Å². The molecule has 0 bridgehead atoms. The first-order chi connectivity index (χ1) is 15.0. The number of carboxylic acid groups (broad SMARTS) is 1. The lowest BCUT2D eigenvalue weighted by molar-refractivity contribution is -0.112. The fraction of sp³-hybridized carbons (Fsp3) is 0.0800. The van der Waals surface area contributed by atoms with Gasteiger partial charge < -0.3 is 15.2 Å². The molecule has 0 aliphatic heterocycles. The summed E-state index contributed by atoms with van der Waals surface area (Å²) < 4.78 is 5.66. The van der Waals surface area contributed by atoms with E-state index >= 15 is 0 Å². The number of hydrogen-bond donors (Lipinski definition) is 2. The standard InChI is InChI=1S/C25H20N2O4/c1-17-7-10-21(11-8-17)27-24(28)20(15-26)13-19-9-12-23(22(14-19)25(29)30)31-16-18-5-3-2-4-6-18/h2-14H,16H2,1H3,(H,27,28)(H,29,30)/b20-13-. The number of anilines is 1. The highest BCUT2D eigenvalue weighted by molar-refractivity contribution is 6.09. The molecule has 0 spiro atoms. The molecular formula is C25H20N2O4. The van der Waals surface area contributed by atoms with Crippen LogP contribution in [0.3, 0.4) is 0 Å². The highest BCUT2D eigenvalue weighted by Gasteiger charge is 2.14. The van der Waals surface area contributed by atoms with Gasteiger partial charge in [0.25, 0.3) is 5.91 Å². The first-order valence-electron chi connectivity index (χ1n) is 9.50. The summed E-state index contributed by atoms with van der Waals surface area (Å²) >= 11 is 0. The van der Waals surface area contributed by atoms with Crippen LogP contribution in [0.5, 0.6) is 5.75 Å². The first kappa shape index (κ1) is 21.3. The largest absolute Gasteiger partial charge is 0.488 e. The summed E-state index contributed by atoms with van der Waals surface area (Å²) in [6.45, 7) is 2.15. The van der Waals surface area contributed by atoms with Crippen LogP contribution in [0.4, 0.5) is 5.69 Å². The van der Waals surface area contributed by atoms with E-state index < -0.39 is 11.9 Å². The van der Waals surface area contributed by atoms with E-state index in [0.29, 0.717) is 11.3 Å². The van der Waals surface area contributed by atoms with Gasteiger partial charge in [0.15, 0.2) is 0 Å². The Kier molecular flexibility index (Phi) is 6.82. The normalized spacial score (nSPS) is 10.8. The van der Waals surface area contributed by atoms with Crippen LogP contribution in [-0.4, -0.2) is 17.0 Å². The molecule has 0 radical (unpaired) electrons. The third-order valence-electron chi connectivity index (χ3n) is 4.46. The second kappa shape index (κ2) is 9.90. The van der Waals surface area contributed by atoms with Crippen LogP contribution in [0.25, 0.3) is 6.08 Å². The number of carbonyl (C=O) groups excluding carboxylic acids is 1. The van der Waals surface area contributed by atoms with Gasteiger partial charge in [-0.3, -0.25) is 4.79 Å². The number of ether oxygens (including phenoxy) is 1. The average molecular weight is 412 g/mol. The summed E-state index contributed by atoms with van der Waals surface area (Å²) in [5.41, 5.74) is 2.72. The molecule has 3 rings (SSSR count). The number of nitrogens with one attached hydrogen (secondary N) is 1. The lowest BCUT2D eigenvalue weighted by Crippen LogP contribution is -2.13. The zero-order valence-corrected chi connectivity index (χ0v) is 16.8. The maximum absolute atomic E-state index is 12.4. The van der Waals surface area contributed by atoms with Crippen molar-refractivity contribution in [3.8, 4) is 11.8 Å². The highest BCUT2D eigenvalue weighted by Crippen LogP contribution is 2.23. The van der Waals surface area contributed by atoms with Gasteiger partial charge in [0, 0.05) is 5.69 Å². The van der Waals surface area contributed by atoms with Gasteiger partial charge in [0.1, 0.15) is 29.6 Å². The SMILES string of the molecule is Cc1ccc(NC(=O)/C(C#N)=C\c2ccc(OCc3ccccc3)c(C(=O)O)c2)cc1. The summed E-state index contributed by atoms with van der Waals surface area (Å²) in [4.78, 5) is 24.1. The molecule has 154 valence electrons. The zero-order chi connectivity index (χ0) is 22.2. The minimum absolute atomic E-state index is 0.0547. The van der Waals surface area contributed by atoms with Crippen molar-refractivity contribution in [3.05, 3.63) is 101 Å². The molecule has 31 heavy (non-hydrogen) atoms. The molecule has 1 amide bonds. The van der Waals surface area contributed by atoms with Crippen molar-refractivity contribution in [1.82, 2.24) is 0 Å². The molecule has 0 saturated carbocycles. The van der Waals surface area contributed by atoms with Crippen LogP contribution in [0.1, 0.15) is 27.0 Å². The number of carbonyl (C=O) groups is 2. The smallest absolute Gasteiger partial charge is 0.339 e. The second-order valence-electron chi connectivity index (χ2n) is 6.82. The molecule has 0 saturated heterocycles. The third-order valence-corrected chi connectivity index (χ3v) is 4.46. The van der Waals surface area contributed by atoms with Crippen LogP contribution in [0.2, 0.25) is 0 Å². The molecule has 0 heterocycles. The Hall–Kier alpha value is -4.37. The number of aryl methyl sites for hydroxylation is 1. The average Bonchev–Trinajstić information content (AvgIpc) is 2.78. The number of amides is 1. The minimum atomic E-state index is -1.17. The topological polar surface area (TPSA) is 99.4 Å². The Morgan fingerprint density at radius 3 is 2.42 bits per heavy atom. The Bertz CT molecular complexity index is 1160. The van der Waals surface area contributed by atoms with Crippen molar-refractivity contribution in [2.24, 2.45) is 0 Å². The molecule has 0 unspecified atom stereocenters. The van der Waals surface area contributed by atoms with E-state index in [1.54, 1.807) is 18.2 Å². The van der Waals surface area contributed by atoms with Gasteiger partial charge >= 0.3 is 5.97 Å². The Morgan fingerprint density at radius 2 is 1.77 bits per heavy atom. The van der Waals surface area contributed by atoms with Crippen LogP contribution in [-0.2, 0) is 11.4 Å². The lowest BCUT2D eigenvalue weighted by atomic mass is 10.1. The molecular weight excluding hydrogens is 392 g/mol. The van der Waals surface area contributed by atoms with Crippen LogP contribution in [0, 0.1) is 18.3 Å². The van der Waals surface area contributed by atoms with E-state index in [1.165, 1.54) is 18.2 Å². The van der Waals surface area contributed by atoms with Gasteiger partial charge in [-0.15, -0.1) is 0 Å². The summed E-state index contributed by atoms with van der Waals surface area (Å²) in [7, 11) is 0. The van der Waals surface area contributed by atoms with Crippen molar-refractivity contribution in [2.75, 3.05) is 5.32 Å². The Balaban J connectivity index is 1.80. The summed E-state index contributed by atoms with van der Waals surface area (Å²) in [5.74, 6) is -1.54. The zero-order valence-electron chi connectivity index (χ0n) is 16.8. The maximum atomic E-state index is 12.4. The van der Waals surface area contributed by atoms with Gasteiger partial charge in [-0.25, -0.2) is 4.79 Å². The Morgan fingerprint density at radius 1 is 1.06 bits per heavy atom. The Labute approximate surface area is 180 Å². The predicted octanol–water partition coefficient (Wildman–Crippen LogP) is 4.82. The van der Waals surface area contributed by atoms with Gasteiger partial charge in [-0.1, -0.05) is 54.1 Å². The molecule has 0 aromatic heterocycles. The molecule has 3 aromatic carbocycles. The second-order valence-corrected chi connectivity index (χ2v) is 6.82. The van der Waals surface area contributed by atoms with E-state index in [4.69, 9.17) is 4.74 Å². The minimum Gasteiger partial charge on any atom is -0.488 e. The molecule has 0 fully saturated rings. The summed E-state index contributed by atoms with van der Waals surface area (Å²) in [6, 6.07) is 22.9.